The zero-order valence-corrected chi connectivity index (χ0v) is 13.4. The maximum absolute atomic E-state index is 11.9. The minimum Gasteiger partial charge on any atom is -0.469 e. The molecule has 0 heterocycles. The van der Waals surface area contributed by atoms with Crippen molar-refractivity contribution in [1.82, 2.24) is 0 Å². The van der Waals surface area contributed by atoms with Crippen molar-refractivity contribution in [3.8, 4) is 0 Å². The van der Waals surface area contributed by atoms with Gasteiger partial charge in [0.1, 0.15) is 0 Å². The van der Waals surface area contributed by atoms with E-state index < -0.39 is 0 Å². The first-order chi connectivity index (χ1) is 10.2. The fourth-order valence-corrected chi connectivity index (χ4v) is 4.27. The van der Waals surface area contributed by atoms with Crippen LogP contribution in [0, 0.1) is 0 Å². The molecule has 2 aliphatic rings. The predicted octanol–water partition coefficient (Wildman–Crippen LogP) is 4.98. The highest BCUT2D eigenvalue weighted by Gasteiger charge is 2.31. The molecule has 3 heteroatoms. The standard InChI is InChI=1S/C18H23ClO2/c1-21-18(20)14-9-8-13-10-16(17(19)11-15(13)14)12-6-4-2-3-5-7-12/h10-12,14H,2-9H2,1H3. The van der Waals surface area contributed by atoms with E-state index in [4.69, 9.17) is 16.3 Å². The minimum absolute atomic E-state index is 0.120. The number of methoxy groups -OCH3 is 1. The average molecular weight is 307 g/mol. The Bertz CT molecular complexity index is 530. The molecule has 0 aliphatic heterocycles. The molecule has 1 unspecified atom stereocenters. The smallest absolute Gasteiger partial charge is 0.313 e. The highest BCUT2D eigenvalue weighted by molar-refractivity contribution is 6.31. The normalized spacial score (nSPS) is 22.7. The molecule has 0 aromatic heterocycles. The minimum atomic E-state index is -0.132. The lowest BCUT2D eigenvalue weighted by Crippen LogP contribution is -2.11. The zero-order chi connectivity index (χ0) is 14.8. The van der Waals surface area contributed by atoms with E-state index in [2.05, 4.69) is 6.07 Å². The van der Waals surface area contributed by atoms with E-state index in [1.165, 1.54) is 56.8 Å². The lowest BCUT2D eigenvalue weighted by atomic mass is 9.89. The summed E-state index contributed by atoms with van der Waals surface area (Å²) in [5.74, 6) is 0.347. The number of ether oxygens (including phenoxy) is 1. The van der Waals surface area contributed by atoms with Crippen LogP contribution in [0.3, 0.4) is 0 Å². The van der Waals surface area contributed by atoms with Gasteiger partial charge in [-0.1, -0.05) is 43.4 Å². The van der Waals surface area contributed by atoms with Crippen LogP contribution in [-0.4, -0.2) is 13.1 Å². The van der Waals surface area contributed by atoms with Crippen LogP contribution in [0.25, 0.3) is 0 Å². The van der Waals surface area contributed by atoms with E-state index >= 15 is 0 Å². The highest BCUT2D eigenvalue weighted by Crippen LogP contribution is 2.41. The average Bonchev–Trinajstić information content (AvgIpc) is 2.72. The second-order valence-electron chi connectivity index (χ2n) is 6.38. The molecule has 3 rings (SSSR count). The fourth-order valence-electron chi connectivity index (χ4n) is 3.94. The number of hydrogen-bond donors (Lipinski definition) is 0. The van der Waals surface area contributed by atoms with Crippen molar-refractivity contribution in [2.45, 2.75) is 63.2 Å². The molecule has 0 spiro atoms. The highest BCUT2D eigenvalue weighted by atomic mass is 35.5. The van der Waals surface area contributed by atoms with Gasteiger partial charge in [0.15, 0.2) is 0 Å². The molecule has 1 aromatic carbocycles. The maximum atomic E-state index is 11.9. The number of rotatable bonds is 2. The van der Waals surface area contributed by atoms with E-state index in [9.17, 15) is 4.79 Å². The van der Waals surface area contributed by atoms with Gasteiger partial charge in [-0.3, -0.25) is 4.79 Å². The summed E-state index contributed by atoms with van der Waals surface area (Å²) >= 11 is 6.56. The first-order valence-corrected chi connectivity index (χ1v) is 8.48. The van der Waals surface area contributed by atoms with Gasteiger partial charge in [-0.2, -0.15) is 0 Å². The van der Waals surface area contributed by atoms with Crippen LogP contribution >= 0.6 is 11.6 Å². The second kappa shape index (κ2) is 6.39. The summed E-state index contributed by atoms with van der Waals surface area (Å²) in [7, 11) is 1.46. The molecular weight excluding hydrogens is 284 g/mol. The van der Waals surface area contributed by atoms with Crippen LogP contribution in [0.5, 0.6) is 0 Å². The van der Waals surface area contributed by atoms with Crippen molar-refractivity contribution in [1.29, 1.82) is 0 Å². The van der Waals surface area contributed by atoms with Crippen LogP contribution in [0.4, 0.5) is 0 Å². The van der Waals surface area contributed by atoms with Crippen molar-refractivity contribution in [2.75, 3.05) is 7.11 Å². The molecule has 1 saturated carbocycles. The molecule has 1 atom stereocenters. The number of carbonyl (C=O) groups is 1. The Hall–Kier alpha value is -1.02. The summed E-state index contributed by atoms with van der Waals surface area (Å²) in [6, 6.07) is 4.31. The molecule has 0 N–H and O–H groups in total. The molecule has 0 radical (unpaired) electrons. The number of aryl methyl sites for hydroxylation is 1. The van der Waals surface area contributed by atoms with Crippen LogP contribution in [0.15, 0.2) is 12.1 Å². The second-order valence-corrected chi connectivity index (χ2v) is 6.78. The van der Waals surface area contributed by atoms with Crippen molar-refractivity contribution in [2.24, 2.45) is 0 Å². The molecule has 2 nitrogen and oxygen atoms in total. The van der Waals surface area contributed by atoms with Gasteiger partial charge in [-0.15, -0.1) is 0 Å². The molecule has 0 bridgehead atoms. The molecule has 1 fully saturated rings. The van der Waals surface area contributed by atoms with E-state index in [0.717, 1.165) is 23.4 Å². The van der Waals surface area contributed by atoms with E-state index in [1.807, 2.05) is 6.07 Å². The van der Waals surface area contributed by atoms with E-state index in [0.29, 0.717) is 5.92 Å². The summed E-state index contributed by atoms with van der Waals surface area (Å²) in [5, 5.41) is 0.844. The quantitative estimate of drug-likeness (QED) is 0.569. The molecule has 1 aromatic rings. The van der Waals surface area contributed by atoms with Gasteiger partial charge in [0, 0.05) is 5.02 Å². The zero-order valence-electron chi connectivity index (χ0n) is 12.7. The van der Waals surface area contributed by atoms with Crippen molar-refractivity contribution in [3.05, 3.63) is 33.8 Å². The predicted molar refractivity (Wildman–Crippen MR) is 85.0 cm³/mol. The molecular formula is C18H23ClO2. The number of esters is 1. The maximum Gasteiger partial charge on any atom is 0.313 e. The lowest BCUT2D eigenvalue weighted by molar-refractivity contribution is -0.142. The van der Waals surface area contributed by atoms with Gasteiger partial charge < -0.3 is 4.74 Å². The SMILES string of the molecule is COC(=O)C1CCc2cc(C3CCCCCC3)c(Cl)cc21. The Kier molecular flexibility index (Phi) is 4.54. The number of hydrogen-bond acceptors (Lipinski definition) is 2. The number of fused-ring (bicyclic) bond motifs is 1. The summed E-state index contributed by atoms with van der Waals surface area (Å²) in [5.41, 5.74) is 3.70. The van der Waals surface area contributed by atoms with E-state index in [1.54, 1.807) is 0 Å². The molecule has 0 saturated heterocycles. The third-order valence-corrected chi connectivity index (χ3v) is 5.44. The monoisotopic (exact) mass is 306 g/mol. The third-order valence-electron chi connectivity index (χ3n) is 5.12. The molecule has 2 aliphatic carbocycles. The number of halogens is 1. The van der Waals surface area contributed by atoms with Crippen molar-refractivity contribution >= 4 is 17.6 Å². The summed E-state index contributed by atoms with van der Waals surface area (Å²) in [6.07, 6.45) is 9.63. The van der Waals surface area contributed by atoms with Gasteiger partial charge in [0.05, 0.1) is 13.0 Å². The third kappa shape index (κ3) is 2.96. The topological polar surface area (TPSA) is 26.3 Å². The summed E-state index contributed by atoms with van der Waals surface area (Å²) < 4.78 is 4.91. The fraction of sp³-hybridized carbons (Fsp3) is 0.611. The van der Waals surface area contributed by atoms with Gasteiger partial charge in [-0.05, 0) is 54.4 Å². The first-order valence-electron chi connectivity index (χ1n) is 8.10. The van der Waals surface area contributed by atoms with Gasteiger partial charge in [0.2, 0.25) is 0 Å². The van der Waals surface area contributed by atoms with Crippen LogP contribution in [0.2, 0.25) is 5.02 Å². The molecule has 21 heavy (non-hydrogen) atoms. The Morgan fingerprint density at radius 2 is 1.81 bits per heavy atom. The summed E-state index contributed by atoms with van der Waals surface area (Å²) in [4.78, 5) is 11.9. The Balaban J connectivity index is 1.90. The Morgan fingerprint density at radius 1 is 1.10 bits per heavy atom. The number of carbonyl (C=O) groups excluding carboxylic acids is 1. The van der Waals surface area contributed by atoms with Gasteiger partial charge >= 0.3 is 5.97 Å². The van der Waals surface area contributed by atoms with Crippen molar-refractivity contribution < 1.29 is 9.53 Å². The van der Waals surface area contributed by atoms with Crippen LogP contribution < -0.4 is 0 Å². The van der Waals surface area contributed by atoms with Gasteiger partial charge in [-0.25, -0.2) is 0 Å². The number of benzene rings is 1. The summed E-state index contributed by atoms with van der Waals surface area (Å²) in [6.45, 7) is 0. The van der Waals surface area contributed by atoms with Crippen molar-refractivity contribution in [3.63, 3.8) is 0 Å². The molecule has 0 amide bonds. The first kappa shape index (κ1) is 14.9. The lowest BCUT2D eigenvalue weighted by Gasteiger charge is -2.18. The van der Waals surface area contributed by atoms with E-state index in [-0.39, 0.29) is 11.9 Å². The van der Waals surface area contributed by atoms with Gasteiger partial charge in [0.25, 0.3) is 0 Å². The largest absolute Gasteiger partial charge is 0.469 e. The molecule has 114 valence electrons. The van der Waals surface area contributed by atoms with Crippen LogP contribution in [0.1, 0.15) is 73.5 Å². The van der Waals surface area contributed by atoms with Crippen LogP contribution in [-0.2, 0) is 16.0 Å². The Labute approximate surface area is 131 Å². The Morgan fingerprint density at radius 3 is 2.48 bits per heavy atom.